The first-order valence-electron chi connectivity index (χ1n) is 6.29. The standard InChI is InChI=1S/C14H19N3S/c1-4-5-15-14(13-9-18-17-16-13)12-7-10(2)6-11(3)8-12/h6-9,14-15H,4-5H2,1-3H3. The van der Waals surface area contributed by atoms with Crippen LogP contribution in [0.3, 0.4) is 0 Å². The smallest absolute Gasteiger partial charge is 0.0970 e. The van der Waals surface area contributed by atoms with E-state index in [1.54, 1.807) is 0 Å². The third-order valence-corrected chi connectivity index (χ3v) is 3.37. The van der Waals surface area contributed by atoms with Gasteiger partial charge in [-0.3, -0.25) is 0 Å². The van der Waals surface area contributed by atoms with Gasteiger partial charge in [-0.2, -0.15) is 0 Å². The highest BCUT2D eigenvalue weighted by atomic mass is 32.1. The Morgan fingerprint density at radius 1 is 1.22 bits per heavy atom. The molecule has 0 amide bonds. The van der Waals surface area contributed by atoms with Crippen molar-refractivity contribution in [1.29, 1.82) is 0 Å². The predicted octanol–water partition coefficient (Wildman–Crippen LogP) is 3.24. The quantitative estimate of drug-likeness (QED) is 0.898. The van der Waals surface area contributed by atoms with E-state index < -0.39 is 0 Å². The van der Waals surface area contributed by atoms with E-state index >= 15 is 0 Å². The molecule has 0 aliphatic rings. The number of benzene rings is 1. The predicted molar refractivity (Wildman–Crippen MR) is 76.0 cm³/mol. The fourth-order valence-electron chi connectivity index (χ4n) is 2.16. The molecule has 2 rings (SSSR count). The van der Waals surface area contributed by atoms with Gasteiger partial charge in [-0.15, -0.1) is 5.10 Å². The van der Waals surface area contributed by atoms with E-state index in [-0.39, 0.29) is 6.04 Å². The number of hydrogen-bond acceptors (Lipinski definition) is 4. The molecule has 1 unspecified atom stereocenters. The second kappa shape index (κ2) is 6.07. The van der Waals surface area contributed by atoms with Crippen LogP contribution in [0.25, 0.3) is 0 Å². The van der Waals surface area contributed by atoms with E-state index in [9.17, 15) is 0 Å². The summed E-state index contributed by atoms with van der Waals surface area (Å²) in [5, 5.41) is 9.78. The fraction of sp³-hybridized carbons (Fsp3) is 0.429. The molecule has 0 saturated carbocycles. The van der Waals surface area contributed by atoms with Gasteiger partial charge in [0.15, 0.2) is 0 Å². The first-order chi connectivity index (χ1) is 8.70. The van der Waals surface area contributed by atoms with Crippen LogP contribution in [0.4, 0.5) is 0 Å². The lowest BCUT2D eigenvalue weighted by Gasteiger charge is -2.17. The third-order valence-electron chi connectivity index (χ3n) is 2.85. The van der Waals surface area contributed by atoms with Gasteiger partial charge in [-0.1, -0.05) is 40.7 Å². The molecule has 0 aliphatic heterocycles. The maximum absolute atomic E-state index is 4.21. The Morgan fingerprint density at radius 2 is 1.94 bits per heavy atom. The van der Waals surface area contributed by atoms with Gasteiger partial charge in [0.2, 0.25) is 0 Å². The van der Waals surface area contributed by atoms with Gasteiger partial charge in [-0.05, 0) is 43.9 Å². The van der Waals surface area contributed by atoms with Gasteiger partial charge < -0.3 is 5.32 Å². The van der Waals surface area contributed by atoms with Crippen LogP contribution < -0.4 is 5.32 Å². The largest absolute Gasteiger partial charge is 0.305 e. The minimum atomic E-state index is 0.155. The molecule has 0 fully saturated rings. The molecule has 1 N–H and O–H groups in total. The monoisotopic (exact) mass is 261 g/mol. The average Bonchev–Trinajstić information content (AvgIpc) is 2.82. The van der Waals surface area contributed by atoms with Gasteiger partial charge >= 0.3 is 0 Å². The van der Waals surface area contributed by atoms with Crippen LogP contribution in [0.15, 0.2) is 23.6 Å². The average molecular weight is 261 g/mol. The topological polar surface area (TPSA) is 37.8 Å². The lowest BCUT2D eigenvalue weighted by molar-refractivity contribution is 0.584. The van der Waals surface area contributed by atoms with Crippen molar-refractivity contribution in [2.75, 3.05) is 6.54 Å². The van der Waals surface area contributed by atoms with E-state index in [2.05, 4.69) is 53.9 Å². The molecule has 0 bridgehead atoms. The maximum Gasteiger partial charge on any atom is 0.0970 e. The molecular formula is C14H19N3S. The van der Waals surface area contributed by atoms with Crippen molar-refractivity contribution in [3.63, 3.8) is 0 Å². The molecule has 1 aromatic heterocycles. The third kappa shape index (κ3) is 3.15. The number of aryl methyl sites for hydroxylation is 2. The van der Waals surface area contributed by atoms with Crippen LogP contribution >= 0.6 is 11.5 Å². The highest BCUT2D eigenvalue weighted by molar-refractivity contribution is 7.03. The summed E-state index contributed by atoms with van der Waals surface area (Å²) in [6.07, 6.45) is 1.11. The van der Waals surface area contributed by atoms with Crippen LogP contribution in [0, 0.1) is 13.8 Å². The minimum Gasteiger partial charge on any atom is -0.305 e. The summed E-state index contributed by atoms with van der Waals surface area (Å²) in [7, 11) is 0. The Labute approximate surface area is 112 Å². The van der Waals surface area contributed by atoms with Crippen molar-refractivity contribution < 1.29 is 0 Å². The summed E-state index contributed by atoms with van der Waals surface area (Å²) in [5.74, 6) is 0. The Morgan fingerprint density at radius 3 is 2.50 bits per heavy atom. The molecule has 1 aromatic carbocycles. The van der Waals surface area contributed by atoms with Gasteiger partial charge in [0.05, 0.1) is 11.7 Å². The lowest BCUT2D eigenvalue weighted by Crippen LogP contribution is -2.23. The van der Waals surface area contributed by atoms with Crippen LogP contribution in [-0.4, -0.2) is 16.1 Å². The molecule has 0 aliphatic carbocycles. The first-order valence-corrected chi connectivity index (χ1v) is 7.13. The number of aromatic nitrogens is 2. The summed E-state index contributed by atoms with van der Waals surface area (Å²) >= 11 is 1.40. The zero-order valence-corrected chi connectivity index (χ0v) is 11.9. The van der Waals surface area contributed by atoms with Crippen LogP contribution in [0.5, 0.6) is 0 Å². The molecule has 2 aromatic rings. The summed E-state index contributed by atoms with van der Waals surface area (Å²) < 4.78 is 3.97. The molecule has 1 heterocycles. The zero-order chi connectivity index (χ0) is 13.0. The van der Waals surface area contributed by atoms with E-state index in [0.717, 1.165) is 18.7 Å². The highest BCUT2D eigenvalue weighted by Gasteiger charge is 2.16. The summed E-state index contributed by atoms with van der Waals surface area (Å²) in [6, 6.07) is 6.79. The SMILES string of the molecule is CCCNC(c1cc(C)cc(C)c1)c1csnn1. The van der Waals surface area contributed by atoms with Crippen molar-refractivity contribution in [3.8, 4) is 0 Å². The van der Waals surface area contributed by atoms with Crippen LogP contribution in [0.2, 0.25) is 0 Å². The normalized spacial score (nSPS) is 12.6. The van der Waals surface area contributed by atoms with E-state index in [1.807, 2.05) is 5.38 Å². The minimum absolute atomic E-state index is 0.155. The molecule has 0 saturated heterocycles. The van der Waals surface area contributed by atoms with Gasteiger partial charge in [0.25, 0.3) is 0 Å². The van der Waals surface area contributed by atoms with E-state index in [0.29, 0.717) is 0 Å². The molecular weight excluding hydrogens is 242 g/mol. The number of nitrogens with one attached hydrogen (secondary N) is 1. The molecule has 96 valence electrons. The summed E-state index contributed by atoms with van der Waals surface area (Å²) in [5.41, 5.74) is 4.86. The lowest BCUT2D eigenvalue weighted by atomic mass is 9.99. The molecule has 3 nitrogen and oxygen atoms in total. The Kier molecular flexibility index (Phi) is 4.44. The summed E-state index contributed by atoms with van der Waals surface area (Å²) in [4.78, 5) is 0. The molecule has 0 radical (unpaired) electrons. The Bertz CT molecular complexity index is 473. The molecule has 0 spiro atoms. The maximum atomic E-state index is 4.21. The first kappa shape index (κ1) is 13.2. The second-order valence-electron chi connectivity index (χ2n) is 4.64. The summed E-state index contributed by atoms with van der Waals surface area (Å²) in [6.45, 7) is 7.42. The van der Waals surface area contributed by atoms with Crippen molar-refractivity contribution in [2.24, 2.45) is 0 Å². The second-order valence-corrected chi connectivity index (χ2v) is 5.25. The van der Waals surface area contributed by atoms with Gasteiger partial charge in [0.1, 0.15) is 0 Å². The number of nitrogens with zero attached hydrogens (tertiary/aromatic N) is 2. The van der Waals surface area contributed by atoms with Crippen molar-refractivity contribution in [1.82, 2.24) is 14.9 Å². The Balaban J connectivity index is 2.33. The fourth-order valence-corrected chi connectivity index (χ4v) is 2.64. The highest BCUT2D eigenvalue weighted by Crippen LogP contribution is 2.23. The molecule has 18 heavy (non-hydrogen) atoms. The Hall–Kier alpha value is -1.26. The van der Waals surface area contributed by atoms with Crippen LogP contribution in [0.1, 0.15) is 41.8 Å². The molecule has 1 atom stereocenters. The zero-order valence-electron chi connectivity index (χ0n) is 11.1. The van der Waals surface area contributed by atoms with Gasteiger partial charge in [-0.25, -0.2) is 0 Å². The van der Waals surface area contributed by atoms with E-state index in [4.69, 9.17) is 0 Å². The number of hydrogen-bond donors (Lipinski definition) is 1. The number of rotatable bonds is 5. The molecule has 4 heteroatoms. The van der Waals surface area contributed by atoms with Crippen molar-refractivity contribution in [2.45, 2.75) is 33.2 Å². The van der Waals surface area contributed by atoms with Crippen molar-refractivity contribution in [3.05, 3.63) is 46.0 Å². The van der Waals surface area contributed by atoms with Crippen LogP contribution in [-0.2, 0) is 0 Å². The van der Waals surface area contributed by atoms with Crippen molar-refractivity contribution >= 4 is 11.5 Å². The van der Waals surface area contributed by atoms with Gasteiger partial charge in [0, 0.05) is 5.38 Å². The van der Waals surface area contributed by atoms with E-state index in [1.165, 1.54) is 28.2 Å².